The van der Waals surface area contributed by atoms with Crippen molar-refractivity contribution in [2.75, 3.05) is 13.7 Å². The highest BCUT2D eigenvalue weighted by molar-refractivity contribution is 6.17. The number of nitrogens with zero attached hydrogens (tertiary/aromatic N) is 2. The molecule has 0 aliphatic rings. The van der Waals surface area contributed by atoms with E-state index in [1.165, 1.54) is 0 Å². The van der Waals surface area contributed by atoms with Crippen LogP contribution in [0.3, 0.4) is 0 Å². The van der Waals surface area contributed by atoms with Gasteiger partial charge in [-0.3, -0.25) is 4.68 Å². The summed E-state index contributed by atoms with van der Waals surface area (Å²) in [6.07, 6.45) is 4.64. The standard InChI is InChI=1S/C14H17ClN2O2/c1-17-10-11(9-16-17)5-6-19-14-7-13(18-2)4-3-12(14)8-15/h3-4,7,9-10H,5-6,8H2,1-2H3. The molecule has 0 radical (unpaired) electrons. The summed E-state index contributed by atoms with van der Waals surface area (Å²) in [7, 11) is 3.53. The van der Waals surface area contributed by atoms with E-state index in [1.54, 1.807) is 11.8 Å². The molecule has 2 aromatic rings. The van der Waals surface area contributed by atoms with Gasteiger partial charge in [-0.05, 0) is 11.6 Å². The minimum absolute atomic E-state index is 0.423. The Morgan fingerprint density at radius 2 is 2.21 bits per heavy atom. The average Bonchev–Trinajstić information content (AvgIpc) is 2.84. The Morgan fingerprint density at radius 1 is 1.37 bits per heavy atom. The summed E-state index contributed by atoms with van der Waals surface area (Å²) in [6.45, 7) is 0.586. The maximum atomic E-state index is 5.89. The lowest BCUT2D eigenvalue weighted by Crippen LogP contribution is -2.03. The third kappa shape index (κ3) is 3.64. The fourth-order valence-electron chi connectivity index (χ4n) is 1.79. The SMILES string of the molecule is COc1ccc(CCl)c(OCCc2cnn(C)c2)c1. The number of benzene rings is 1. The fourth-order valence-corrected chi connectivity index (χ4v) is 2.01. The van der Waals surface area contributed by atoms with Gasteiger partial charge >= 0.3 is 0 Å². The maximum absolute atomic E-state index is 5.89. The van der Waals surface area contributed by atoms with Gasteiger partial charge in [-0.1, -0.05) is 6.07 Å². The summed E-state index contributed by atoms with van der Waals surface area (Å²) in [5.74, 6) is 1.97. The first kappa shape index (κ1) is 13.7. The van der Waals surface area contributed by atoms with E-state index in [0.717, 1.165) is 29.0 Å². The molecule has 0 bridgehead atoms. The summed E-state index contributed by atoms with van der Waals surface area (Å²) in [5.41, 5.74) is 2.12. The molecular weight excluding hydrogens is 264 g/mol. The zero-order chi connectivity index (χ0) is 13.7. The van der Waals surface area contributed by atoms with Crippen molar-refractivity contribution in [2.45, 2.75) is 12.3 Å². The molecule has 19 heavy (non-hydrogen) atoms. The number of methoxy groups -OCH3 is 1. The number of hydrogen-bond donors (Lipinski definition) is 0. The topological polar surface area (TPSA) is 36.3 Å². The molecule has 1 aromatic carbocycles. The van der Waals surface area contributed by atoms with Gasteiger partial charge in [0.05, 0.1) is 25.8 Å². The molecule has 0 amide bonds. The second kappa shape index (κ2) is 6.48. The Hall–Kier alpha value is -1.68. The van der Waals surface area contributed by atoms with Crippen molar-refractivity contribution in [3.05, 3.63) is 41.7 Å². The Balaban J connectivity index is 1.98. The van der Waals surface area contributed by atoms with E-state index in [1.807, 2.05) is 37.6 Å². The molecule has 0 saturated heterocycles. The van der Waals surface area contributed by atoms with Gasteiger partial charge in [-0.25, -0.2) is 0 Å². The van der Waals surface area contributed by atoms with Crippen LogP contribution in [0.5, 0.6) is 11.5 Å². The summed E-state index contributed by atoms with van der Waals surface area (Å²) >= 11 is 5.89. The van der Waals surface area contributed by atoms with Crippen LogP contribution in [0.1, 0.15) is 11.1 Å². The number of aryl methyl sites for hydroxylation is 1. The highest BCUT2D eigenvalue weighted by Gasteiger charge is 2.05. The van der Waals surface area contributed by atoms with E-state index in [-0.39, 0.29) is 0 Å². The van der Waals surface area contributed by atoms with Crippen molar-refractivity contribution in [1.29, 1.82) is 0 Å². The van der Waals surface area contributed by atoms with Gasteiger partial charge in [0.2, 0.25) is 0 Å². The Bertz CT molecular complexity index is 540. The Labute approximate surface area is 117 Å². The molecule has 102 valence electrons. The van der Waals surface area contributed by atoms with E-state index >= 15 is 0 Å². The summed E-state index contributed by atoms with van der Waals surface area (Å²) in [5, 5.41) is 4.12. The molecule has 0 aliphatic heterocycles. The number of alkyl halides is 1. The zero-order valence-corrected chi connectivity index (χ0v) is 11.9. The number of hydrogen-bond acceptors (Lipinski definition) is 3. The minimum atomic E-state index is 0.423. The molecule has 1 heterocycles. The number of aromatic nitrogens is 2. The molecule has 5 heteroatoms. The maximum Gasteiger partial charge on any atom is 0.127 e. The molecule has 0 N–H and O–H groups in total. The van der Waals surface area contributed by atoms with Crippen LogP contribution in [-0.4, -0.2) is 23.5 Å². The first-order valence-corrected chi connectivity index (χ1v) is 6.59. The van der Waals surface area contributed by atoms with Gasteiger partial charge < -0.3 is 9.47 Å². The lowest BCUT2D eigenvalue weighted by Gasteiger charge is -2.11. The third-order valence-corrected chi connectivity index (χ3v) is 3.11. The number of ether oxygens (including phenoxy) is 2. The minimum Gasteiger partial charge on any atom is -0.497 e. The summed E-state index contributed by atoms with van der Waals surface area (Å²) < 4.78 is 12.8. The van der Waals surface area contributed by atoms with Gasteiger partial charge in [0.25, 0.3) is 0 Å². The van der Waals surface area contributed by atoms with E-state index < -0.39 is 0 Å². The normalized spacial score (nSPS) is 10.5. The Morgan fingerprint density at radius 3 is 2.84 bits per heavy atom. The molecule has 0 fully saturated rings. The molecule has 0 unspecified atom stereocenters. The molecule has 0 atom stereocenters. The van der Waals surface area contributed by atoms with Crippen molar-refractivity contribution < 1.29 is 9.47 Å². The lowest BCUT2D eigenvalue weighted by molar-refractivity contribution is 0.316. The Kier molecular flexibility index (Phi) is 4.68. The second-order valence-electron chi connectivity index (χ2n) is 4.23. The first-order chi connectivity index (χ1) is 9.22. The quantitative estimate of drug-likeness (QED) is 0.764. The largest absolute Gasteiger partial charge is 0.497 e. The van der Waals surface area contributed by atoms with Gasteiger partial charge in [0, 0.05) is 31.3 Å². The highest BCUT2D eigenvalue weighted by Crippen LogP contribution is 2.26. The van der Waals surface area contributed by atoms with Crippen LogP contribution in [0.4, 0.5) is 0 Å². The smallest absolute Gasteiger partial charge is 0.127 e. The van der Waals surface area contributed by atoms with Crippen LogP contribution in [0.15, 0.2) is 30.6 Å². The predicted octanol–water partition coefficient (Wildman–Crippen LogP) is 2.79. The third-order valence-electron chi connectivity index (χ3n) is 2.82. The molecule has 0 saturated carbocycles. The van der Waals surface area contributed by atoms with E-state index in [9.17, 15) is 0 Å². The van der Waals surface area contributed by atoms with Crippen molar-refractivity contribution in [2.24, 2.45) is 7.05 Å². The zero-order valence-electron chi connectivity index (χ0n) is 11.1. The number of halogens is 1. The van der Waals surface area contributed by atoms with Crippen LogP contribution in [0, 0.1) is 0 Å². The summed E-state index contributed by atoms with van der Waals surface area (Å²) in [4.78, 5) is 0. The van der Waals surface area contributed by atoms with Crippen LogP contribution in [0.2, 0.25) is 0 Å². The van der Waals surface area contributed by atoms with Crippen molar-refractivity contribution in [1.82, 2.24) is 9.78 Å². The molecular formula is C14H17ClN2O2. The van der Waals surface area contributed by atoms with Gasteiger partial charge in [0.1, 0.15) is 11.5 Å². The van der Waals surface area contributed by atoms with Gasteiger partial charge in [0.15, 0.2) is 0 Å². The van der Waals surface area contributed by atoms with Crippen LogP contribution in [0.25, 0.3) is 0 Å². The average molecular weight is 281 g/mol. The van der Waals surface area contributed by atoms with Crippen molar-refractivity contribution in [3.8, 4) is 11.5 Å². The fraction of sp³-hybridized carbons (Fsp3) is 0.357. The second-order valence-corrected chi connectivity index (χ2v) is 4.50. The molecule has 4 nitrogen and oxygen atoms in total. The number of rotatable bonds is 6. The van der Waals surface area contributed by atoms with E-state index in [0.29, 0.717) is 12.5 Å². The predicted molar refractivity (Wildman–Crippen MR) is 75.0 cm³/mol. The molecule has 0 aliphatic carbocycles. The highest BCUT2D eigenvalue weighted by atomic mass is 35.5. The van der Waals surface area contributed by atoms with Crippen molar-refractivity contribution >= 4 is 11.6 Å². The van der Waals surface area contributed by atoms with Crippen LogP contribution >= 0.6 is 11.6 Å². The molecule has 2 rings (SSSR count). The van der Waals surface area contributed by atoms with Crippen LogP contribution in [-0.2, 0) is 19.3 Å². The first-order valence-electron chi connectivity index (χ1n) is 6.06. The molecule has 1 aromatic heterocycles. The van der Waals surface area contributed by atoms with Crippen LogP contribution < -0.4 is 9.47 Å². The van der Waals surface area contributed by atoms with Crippen molar-refractivity contribution in [3.63, 3.8) is 0 Å². The molecule has 0 spiro atoms. The van der Waals surface area contributed by atoms with E-state index in [2.05, 4.69) is 5.10 Å². The lowest BCUT2D eigenvalue weighted by atomic mass is 10.2. The monoisotopic (exact) mass is 280 g/mol. The summed E-state index contributed by atoms with van der Waals surface area (Å²) in [6, 6.07) is 5.66. The van der Waals surface area contributed by atoms with E-state index in [4.69, 9.17) is 21.1 Å². The van der Waals surface area contributed by atoms with Gasteiger partial charge in [-0.15, -0.1) is 11.6 Å². The van der Waals surface area contributed by atoms with Gasteiger partial charge in [-0.2, -0.15) is 5.10 Å².